The predicted octanol–water partition coefficient (Wildman–Crippen LogP) is 2.34. The molecule has 1 saturated heterocycles. The topological polar surface area (TPSA) is 43.9 Å². The second kappa shape index (κ2) is 7.70. The Kier molecular flexibility index (Phi) is 5.38. The van der Waals surface area contributed by atoms with E-state index in [4.69, 9.17) is 0 Å². The SMILES string of the molecule is CN(C)c1ccc(C(=O)N2CCN(C(=O)Cc3cccs3)CC2)cc1. The summed E-state index contributed by atoms with van der Waals surface area (Å²) < 4.78 is 0. The number of hydrogen-bond donors (Lipinski definition) is 0. The summed E-state index contributed by atoms with van der Waals surface area (Å²) in [5, 5.41) is 1.99. The number of hydrogen-bond acceptors (Lipinski definition) is 4. The highest BCUT2D eigenvalue weighted by atomic mass is 32.1. The number of rotatable bonds is 4. The molecule has 0 radical (unpaired) electrons. The average molecular weight is 357 g/mol. The molecule has 1 aromatic carbocycles. The lowest BCUT2D eigenvalue weighted by Crippen LogP contribution is -2.50. The Morgan fingerprint density at radius 1 is 1.00 bits per heavy atom. The molecule has 0 unspecified atom stereocenters. The molecule has 0 aliphatic carbocycles. The maximum atomic E-state index is 12.6. The number of carbonyl (C=O) groups excluding carboxylic acids is 2. The third kappa shape index (κ3) is 4.20. The third-order valence-electron chi connectivity index (χ3n) is 4.46. The minimum absolute atomic E-state index is 0.0376. The minimum atomic E-state index is 0.0376. The molecule has 0 N–H and O–H groups in total. The van der Waals surface area contributed by atoms with Crippen LogP contribution in [-0.2, 0) is 11.2 Å². The maximum Gasteiger partial charge on any atom is 0.253 e. The number of benzene rings is 1. The second-order valence-electron chi connectivity index (χ2n) is 6.37. The van der Waals surface area contributed by atoms with E-state index in [0.717, 1.165) is 10.6 Å². The van der Waals surface area contributed by atoms with Crippen LogP contribution in [0, 0.1) is 0 Å². The number of carbonyl (C=O) groups is 2. The number of thiophene rings is 1. The second-order valence-corrected chi connectivity index (χ2v) is 7.40. The lowest BCUT2D eigenvalue weighted by molar-refractivity contribution is -0.131. The number of nitrogens with zero attached hydrogens (tertiary/aromatic N) is 3. The Morgan fingerprint density at radius 2 is 1.64 bits per heavy atom. The van der Waals surface area contributed by atoms with E-state index in [9.17, 15) is 9.59 Å². The van der Waals surface area contributed by atoms with Crippen molar-refractivity contribution in [1.82, 2.24) is 9.80 Å². The zero-order valence-electron chi connectivity index (χ0n) is 14.6. The molecule has 2 amide bonds. The predicted molar refractivity (Wildman–Crippen MR) is 101 cm³/mol. The highest BCUT2D eigenvalue weighted by Crippen LogP contribution is 2.16. The molecule has 1 aliphatic heterocycles. The van der Waals surface area contributed by atoms with Gasteiger partial charge in [-0.2, -0.15) is 0 Å². The molecule has 0 saturated carbocycles. The molecule has 5 nitrogen and oxygen atoms in total. The minimum Gasteiger partial charge on any atom is -0.378 e. The van der Waals surface area contributed by atoms with Gasteiger partial charge >= 0.3 is 0 Å². The number of amides is 2. The summed E-state index contributed by atoms with van der Waals surface area (Å²) in [5.41, 5.74) is 1.77. The van der Waals surface area contributed by atoms with Crippen LogP contribution in [0.4, 0.5) is 5.69 Å². The molecule has 3 rings (SSSR count). The summed E-state index contributed by atoms with van der Waals surface area (Å²) in [6.45, 7) is 2.38. The van der Waals surface area contributed by atoms with Crippen molar-refractivity contribution < 1.29 is 9.59 Å². The normalized spacial score (nSPS) is 14.5. The summed E-state index contributed by atoms with van der Waals surface area (Å²) in [4.78, 5) is 31.7. The summed E-state index contributed by atoms with van der Waals surface area (Å²) in [6.07, 6.45) is 0.456. The number of anilines is 1. The highest BCUT2D eigenvalue weighted by molar-refractivity contribution is 7.10. The standard InChI is InChI=1S/C19H23N3O2S/c1-20(2)16-7-5-15(6-8-16)19(24)22-11-9-21(10-12-22)18(23)14-17-4-3-13-25-17/h3-8,13H,9-12,14H2,1-2H3. The van der Waals surface area contributed by atoms with Crippen molar-refractivity contribution in [3.8, 4) is 0 Å². The van der Waals surface area contributed by atoms with Gasteiger partial charge in [-0.25, -0.2) is 0 Å². The van der Waals surface area contributed by atoms with E-state index in [1.807, 2.05) is 70.6 Å². The van der Waals surface area contributed by atoms with E-state index in [1.165, 1.54) is 0 Å². The third-order valence-corrected chi connectivity index (χ3v) is 5.33. The zero-order valence-corrected chi connectivity index (χ0v) is 15.5. The van der Waals surface area contributed by atoms with E-state index in [0.29, 0.717) is 38.2 Å². The molecule has 25 heavy (non-hydrogen) atoms. The Morgan fingerprint density at radius 3 is 2.20 bits per heavy atom. The Hall–Kier alpha value is -2.34. The van der Waals surface area contributed by atoms with E-state index < -0.39 is 0 Å². The molecule has 2 aromatic rings. The molecule has 0 spiro atoms. The fourth-order valence-electron chi connectivity index (χ4n) is 2.92. The van der Waals surface area contributed by atoms with Crippen LogP contribution in [0.3, 0.4) is 0 Å². The molecule has 1 fully saturated rings. The van der Waals surface area contributed by atoms with Crippen molar-refractivity contribution in [2.45, 2.75) is 6.42 Å². The van der Waals surface area contributed by atoms with Crippen LogP contribution < -0.4 is 4.90 Å². The number of piperazine rings is 1. The molecule has 0 bridgehead atoms. The summed E-state index contributed by atoms with van der Waals surface area (Å²) in [7, 11) is 3.95. The van der Waals surface area contributed by atoms with Crippen molar-refractivity contribution in [1.29, 1.82) is 0 Å². The fraction of sp³-hybridized carbons (Fsp3) is 0.368. The van der Waals surface area contributed by atoms with Gasteiger partial charge in [-0.3, -0.25) is 9.59 Å². The van der Waals surface area contributed by atoms with Gasteiger partial charge < -0.3 is 14.7 Å². The molecular formula is C19H23N3O2S. The fourth-order valence-corrected chi connectivity index (χ4v) is 3.61. The monoisotopic (exact) mass is 357 g/mol. The van der Waals surface area contributed by atoms with Crippen molar-refractivity contribution in [2.24, 2.45) is 0 Å². The van der Waals surface area contributed by atoms with Gasteiger partial charge in [0.2, 0.25) is 5.91 Å². The highest BCUT2D eigenvalue weighted by Gasteiger charge is 2.25. The first-order valence-electron chi connectivity index (χ1n) is 8.41. The van der Waals surface area contributed by atoms with Crippen molar-refractivity contribution >= 4 is 28.8 Å². The Bertz CT molecular complexity index is 718. The molecular weight excluding hydrogens is 334 g/mol. The van der Waals surface area contributed by atoms with Gasteiger partial charge in [0.05, 0.1) is 6.42 Å². The smallest absolute Gasteiger partial charge is 0.253 e. The molecule has 132 valence electrons. The van der Waals surface area contributed by atoms with Gasteiger partial charge in [0, 0.05) is 56.4 Å². The van der Waals surface area contributed by atoms with E-state index in [-0.39, 0.29) is 11.8 Å². The first-order chi connectivity index (χ1) is 12.0. The van der Waals surface area contributed by atoms with Gasteiger partial charge in [-0.05, 0) is 35.7 Å². The first-order valence-corrected chi connectivity index (χ1v) is 9.29. The quantitative estimate of drug-likeness (QED) is 0.844. The molecule has 0 atom stereocenters. The zero-order chi connectivity index (χ0) is 17.8. The van der Waals surface area contributed by atoms with Gasteiger partial charge in [-0.1, -0.05) is 6.07 Å². The van der Waals surface area contributed by atoms with Crippen molar-refractivity contribution in [2.75, 3.05) is 45.2 Å². The summed E-state index contributed by atoms with van der Waals surface area (Å²) in [5.74, 6) is 0.181. The lowest BCUT2D eigenvalue weighted by atomic mass is 10.1. The van der Waals surface area contributed by atoms with Crippen LogP contribution >= 0.6 is 11.3 Å². The van der Waals surface area contributed by atoms with Gasteiger partial charge in [0.15, 0.2) is 0 Å². The summed E-state index contributed by atoms with van der Waals surface area (Å²) >= 11 is 1.61. The molecule has 2 heterocycles. The van der Waals surface area contributed by atoms with Crippen LogP contribution in [0.2, 0.25) is 0 Å². The summed E-state index contributed by atoms with van der Waals surface area (Å²) in [6, 6.07) is 11.6. The molecule has 1 aromatic heterocycles. The van der Waals surface area contributed by atoms with E-state index >= 15 is 0 Å². The van der Waals surface area contributed by atoms with Crippen molar-refractivity contribution in [3.05, 3.63) is 52.2 Å². The first kappa shape index (κ1) is 17.5. The van der Waals surface area contributed by atoms with Crippen LogP contribution in [0.5, 0.6) is 0 Å². The van der Waals surface area contributed by atoms with Gasteiger partial charge in [-0.15, -0.1) is 11.3 Å². The lowest BCUT2D eigenvalue weighted by Gasteiger charge is -2.35. The van der Waals surface area contributed by atoms with E-state index in [1.54, 1.807) is 11.3 Å². The van der Waals surface area contributed by atoms with Crippen LogP contribution in [-0.4, -0.2) is 61.9 Å². The van der Waals surface area contributed by atoms with Crippen molar-refractivity contribution in [3.63, 3.8) is 0 Å². The molecule has 1 aliphatic rings. The molecule has 6 heteroatoms. The Balaban J connectivity index is 1.54. The van der Waals surface area contributed by atoms with Crippen LogP contribution in [0.25, 0.3) is 0 Å². The van der Waals surface area contributed by atoms with Crippen LogP contribution in [0.15, 0.2) is 41.8 Å². The Labute approximate surface area is 152 Å². The maximum absolute atomic E-state index is 12.6. The van der Waals surface area contributed by atoms with Gasteiger partial charge in [0.1, 0.15) is 0 Å². The van der Waals surface area contributed by atoms with Gasteiger partial charge in [0.25, 0.3) is 5.91 Å². The average Bonchev–Trinajstić information content (AvgIpc) is 3.14. The largest absolute Gasteiger partial charge is 0.378 e. The van der Waals surface area contributed by atoms with E-state index in [2.05, 4.69) is 0 Å². The van der Waals surface area contributed by atoms with Crippen LogP contribution in [0.1, 0.15) is 15.2 Å².